The van der Waals surface area contributed by atoms with Crippen molar-refractivity contribution in [1.82, 2.24) is 9.97 Å². The number of pyridine rings is 2. The van der Waals surface area contributed by atoms with Crippen LogP contribution in [0.25, 0.3) is 0 Å². The summed E-state index contributed by atoms with van der Waals surface area (Å²) in [5.41, 5.74) is 0.787. The fourth-order valence-corrected chi connectivity index (χ4v) is 2.66. The van der Waals surface area contributed by atoms with Gasteiger partial charge < -0.3 is 0 Å². The molecule has 0 radical (unpaired) electrons. The van der Waals surface area contributed by atoms with E-state index in [-0.39, 0.29) is 10.8 Å². The molecule has 5 nitrogen and oxygen atoms in total. The van der Waals surface area contributed by atoms with Gasteiger partial charge in [0.1, 0.15) is 0 Å². The normalized spacial score (nSPS) is 11.3. The van der Waals surface area contributed by atoms with Crippen LogP contribution in [0.5, 0.6) is 0 Å². The van der Waals surface area contributed by atoms with Crippen molar-refractivity contribution in [2.24, 2.45) is 0 Å². The summed E-state index contributed by atoms with van der Waals surface area (Å²) in [5, 5.41) is -0.710. The minimum atomic E-state index is -4.14. The zero-order valence-corrected chi connectivity index (χ0v) is 11.3. The van der Waals surface area contributed by atoms with E-state index in [2.05, 4.69) is 14.7 Å². The molecule has 0 aliphatic rings. The van der Waals surface area contributed by atoms with E-state index < -0.39 is 20.9 Å². The third kappa shape index (κ3) is 2.99. The maximum Gasteiger partial charge on any atom is 0.282 e. The van der Waals surface area contributed by atoms with Crippen molar-refractivity contribution >= 4 is 27.3 Å². The van der Waals surface area contributed by atoms with Crippen LogP contribution < -0.4 is 4.72 Å². The van der Waals surface area contributed by atoms with Crippen LogP contribution in [0.3, 0.4) is 0 Å². The predicted molar refractivity (Wildman–Crippen MR) is 69.0 cm³/mol. The Balaban J connectivity index is 2.43. The molecule has 0 aliphatic carbocycles. The SMILES string of the molecule is Cc1cnc(Cl)c(NS(=O)(=O)c2ncccc2F)c1. The first kappa shape index (κ1) is 13.7. The molecule has 0 fully saturated rings. The third-order valence-electron chi connectivity index (χ3n) is 2.20. The van der Waals surface area contributed by atoms with Gasteiger partial charge in [0.2, 0.25) is 5.03 Å². The summed E-state index contributed by atoms with van der Waals surface area (Å²) in [6, 6.07) is 3.81. The standard InChI is InChI=1S/C11H9ClFN3O2S/c1-7-5-9(10(12)15-6-7)16-19(17,18)11-8(13)3-2-4-14-11/h2-6,16H,1H3. The molecule has 0 aromatic carbocycles. The molecule has 2 heterocycles. The Morgan fingerprint density at radius 3 is 2.79 bits per heavy atom. The molecule has 2 aromatic heterocycles. The van der Waals surface area contributed by atoms with Crippen molar-refractivity contribution < 1.29 is 12.8 Å². The summed E-state index contributed by atoms with van der Waals surface area (Å²) >= 11 is 5.78. The molecule has 0 atom stereocenters. The Morgan fingerprint density at radius 2 is 2.11 bits per heavy atom. The lowest BCUT2D eigenvalue weighted by Crippen LogP contribution is -2.16. The average Bonchev–Trinajstić information content (AvgIpc) is 2.34. The van der Waals surface area contributed by atoms with E-state index in [1.807, 2.05) is 0 Å². The number of aryl methyl sites for hydroxylation is 1. The molecule has 0 saturated heterocycles. The van der Waals surface area contributed by atoms with Gasteiger partial charge in [-0.05, 0) is 30.7 Å². The van der Waals surface area contributed by atoms with Crippen LogP contribution in [0, 0.1) is 12.7 Å². The highest BCUT2D eigenvalue weighted by molar-refractivity contribution is 7.92. The summed E-state index contributed by atoms with van der Waals surface area (Å²) in [4.78, 5) is 7.31. The van der Waals surface area contributed by atoms with Gasteiger partial charge in [0.05, 0.1) is 5.69 Å². The maximum atomic E-state index is 13.4. The molecule has 100 valence electrons. The highest BCUT2D eigenvalue weighted by Crippen LogP contribution is 2.23. The zero-order valence-electron chi connectivity index (χ0n) is 9.76. The minimum Gasteiger partial charge on any atom is -0.275 e. The van der Waals surface area contributed by atoms with E-state index in [0.29, 0.717) is 5.56 Å². The molecule has 0 saturated carbocycles. The quantitative estimate of drug-likeness (QED) is 0.884. The van der Waals surface area contributed by atoms with Crippen LogP contribution in [0.2, 0.25) is 5.15 Å². The molecular formula is C11H9ClFN3O2S. The Kier molecular flexibility index (Phi) is 3.68. The molecule has 0 aliphatic heterocycles. The highest BCUT2D eigenvalue weighted by atomic mass is 35.5. The van der Waals surface area contributed by atoms with E-state index in [9.17, 15) is 12.8 Å². The van der Waals surface area contributed by atoms with Gasteiger partial charge in [0, 0.05) is 12.4 Å². The smallest absolute Gasteiger partial charge is 0.275 e. The van der Waals surface area contributed by atoms with Crippen LogP contribution in [0.15, 0.2) is 35.6 Å². The largest absolute Gasteiger partial charge is 0.282 e. The van der Waals surface area contributed by atoms with Crippen molar-refractivity contribution in [3.05, 3.63) is 47.1 Å². The van der Waals surface area contributed by atoms with E-state index in [4.69, 9.17) is 11.6 Å². The van der Waals surface area contributed by atoms with Gasteiger partial charge in [-0.3, -0.25) is 4.72 Å². The number of hydrogen-bond acceptors (Lipinski definition) is 4. The molecule has 0 amide bonds. The summed E-state index contributed by atoms with van der Waals surface area (Å²) in [5.74, 6) is -0.938. The lowest BCUT2D eigenvalue weighted by Gasteiger charge is -2.09. The molecule has 8 heteroatoms. The van der Waals surface area contributed by atoms with E-state index in [0.717, 1.165) is 6.07 Å². The first-order valence-electron chi connectivity index (χ1n) is 5.15. The van der Waals surface area contributed by atoms with Crippen molar-refractivity contribution in [3.63, 3.8) is 0 Å². The number of nitrogens with one attached hydrogen (secondary N) is 1. The highest BCUT2D eigenvalue weighted by Gasteiger charge is 2.21. The van der Waals surface area contributed by atoms with Crippen LogP contribution >= 0.6 is 11.6 Å². The molecular weight excluding hydrogens is 293 g/mol. The second-order valence-electron chi connectivity index (χ2n) is 3.75. The molecule has 2 rings (SSSR count). The number of hydrogen-bond donors (Lipinski definition) is 1. The average molecular weight is 302 g/mol. The van der Waals surface area contributed by atoms with Crippen molar-refractivity contribution in [2.75, 3.05) is 4.72 Å². The molecule has 0 unspecified atom stereocenters. The summed E-state index contributed by atoms with van der Waals surface area (Å²) < 4.78 is 39.6. The van der Waals surface area contributed by atoms with Gasteiger partial charge in [-0.2, -0.15) is 8.42 Å². The summed E-state index contributed by atoms with van der Waals surface area (Å²) in [6.45, 7) is 1.72. The van der Waals surface area contributed by atoms with Gasteiger partial charge in [-0.25, -0.2) is 14.4 Å². The lowest BCUT2D eigenvalue weighted by molar-refractivity contribution is 0.557. The first-order chi connectivity index (χ1) is 8.90. The summed E-state index contributed by atoms with van der Waals surface area (Å²) in [7, 11) is -4.14. The molecule has 2 aromatic rings. The van der Waals surface area contributed by atoms with Crippen molar-refractivity contribution in [2.45, 2.75) is 11.9 Å². The molecule has 1 N–H and O–H groups in total. The molecule has 19 heavy (non-hydrogen) atoms. The van der Waals surface area contributed by atoms with Crippen LogP contribution in [-0.4, -0.2) is 18.4 Å². The van der Waals surface area contributed by atoms with Gasteiger partial charge in [0.15, 0.2) is 11.0 Å². The number of anilines is 1. The second kappa shape index (κ2) is 5.10. The Hall–Kier alpha value is -1.73. The fraction of sp³-hybridized carbons (Fsp3) is 0.0909. The van der Waals surface area contributed by atoms with Crippen molar-refractivity contribution in [3.8, 4) is 0 Å². The van der Waals surface area contributed by atoms with Gasteiger partial charge in [-0.15, -0.1) is 0 Å². The molecule has 0 spiro atoms. The number of rotatable bonds is 3. The number of sulfonamides is 1. The zero-order chi connectivity index (χ0) is 14.0. The van der Waals surface area contributed by atoms with Crippen LogP contribution in [0.4, 0.5) is 10.1 Å². The summed E-state index contributed by atoms with van der Waals surface area (Å²) in [6.07, 6.45) is 2.68. The Bertz CT molecular complexity index is 722. The fourth-order valence-electron chi connectivity index (χ4n) is 1.39. The van der Waals surface area contributed by atoms with E-state index in [1.165, 1.54) is 24.5 Å². The van der Waals surface area contributed by atoms with Crippen LogP contribution in [0.1, 0.15) is 5.56 Å². The Morgan fingerprint density at radius 1 is 1.37 bits per heavy atom. The first-order valence-corrected chi connectivity index (χ1v) is 7.02. The van der Waals surface area contributed by atoms with E-state index >= 15 is 0 Å². The van der Waals surface area contributed by atoms with Crippen LogP contribution in [-0.2, 0) is 10.0 Å². The number of nitrogens with zero attached hydrogens (tertiary/aromatic N) is 2. The number of aromatic nitrogens is 2. The monoisotopic (exact) mass is 301 g/mol. The van der Waals surface area contributed by atoms with Crippen molar-refractivity contribution in [1.29, 1.82) is 0 Å². The molecule has 0 bridgehead atoms. The van der Waals surface area contributed by atoms with Gasteiger partial charge in [-0.1, -0.05) is 11.6 Å². The number of halogens is 2. The lowest BCUT2D eigenvalue weighted by atomic mass is 10.3. The second-order valence-corrected chi connectivity index (χ2v) is 5.70. The van der Waals surface area contributed by atoms with E-state index in [1.54, 1.807) is 6.92 Å². The predicted octanol–water partition coefficient (Wildman–Crippen LogP) is 2.38. The Labute approximate surface area is 114 Å². The topological polar surface area (TPSA) is 72.0 Å². The third-order valence-corrected chi connectivity index (χ3v) is 3.80. The minimum absolute atomic E-state index is 0.0227. The maximum absolute atomic E-state index is 13.4. The van der Waals surface area contributed by atoms with Gasteiger partial charge >= 0.3 is 0 Å². The van der Waals surface area contributed by atoms with Gasteiger partial charge in [0.25, 0.3) is 10.0 Å².